The minimum Gasteiger partial charge on any atom is -0.381 e. The lowest BCUT2D eigenvalue weighted by Gasteiger charge is -2.31. The molecule has 17 heavy (non-hydrogen) atoms. The molecule has 0 spiro atoms. The summed E-state index contributed by atoms with van der Waals surface area (Å²) >= 11 is 0. The predicted molar refractivity (Wildman–Crippen MR) is 60.1 cm³/mol. The molecular weight excluding hydrogens is 223 g/mol. The number of rotatable bonds is 2. The number of ether oxygens (including phenoxy) is 1. The van der Waals surface area contributed by atoms with Crippen LogP contribution in [0.3, 0.4) is 0 Å². The second-order valence-corrected chi connectivity index (χ2v) is 4.07. The van der Waals surface area contributed by atoms with Gasteiger partial charge in [0.1, 0.15) is 0 Å². The van der Waals surface area contributed by atoms with Crippen LogP contribution in [0.15, 0.2) is 18.3 Å². The molecule has 0 unspecified atom stereocenters. The van der Waals surface area contributed by atoms with E-state index in [1.165, 1.54) is 12.3 Å². The first-order valence-corrected chi connectivity index (χ1v) is 5.65. The van der Waals surface area contributed by atoms with Gasteiger partial charge in [-0.25, -0.2) is 4.98 Å². The van der Waals surface area contributed by atoms with Crippen molar-refractivity contribution in [2.24, 2.45) is 0 Å². The highest BCUT2D eigenvalue weighted by molar-refractivity contribution is 5.94. The standard InChI is InChI=1S/C12H15FN2O2/c1-17-9-4-7-15(8-5-9)12(16)10-3-2-6-14-11(10)13/h2-3,6,9H,4-5,7-8H2,1H3. The van der Waals surface area contributed by atoms with Gasteiger partial charge in [-0.05, 0) is 25.0 Å². The number of nitrogens with zero attached hydrogens (tertiary/aromatic N) is 2. The zero-order valence-corrected chi connectivity index (χ0v) is 9.73. The van der Waals surface area contributed by atoms with Crippen molar-refractivity contribution in [3.05, 3.63) is 29.8 Å². The molecule has 1 aliphatic rings. The number of likely N-dealkylation sites (tertiary alicyclic amines) is 1. The molecule has 2 rings (SSSR count). The van der Waals surface area contributed by atoms with E-state index < -0.39 is 5.95 Å². The fourth-order valence-electron chi connectivity index (χ4n) is 2.01. The monoisotopic (exact) mass is 238 g/mol. The first kappa shape index (κ1) is 12.0. The quantitative estimate of drug-likeness (QED) is 0.733. The van der Waals surface area contributed by atoms with Crippen molar-refractivity contribution in [3.63, 3.8) is 0 Å². The summed E-state index contributed by atoms with van der Waals surface area (Å²) in [5, 5.41) is 0. The van der Waals surface area contributed by atoms with Crippen molar-refractivity contribution in [2.45, 2.75) is 18.9 Å². The van der Waals surface area contributed by atoms with Crippen LogP contribution in [0.1, 0.15) is 23.2 Å². The number of pyridine rings is 1. The zero-order valence-electron chi connectivity index (χ0n) is 9.73. The lowest BCUT2D eigenvalue weighted by molar-refractivity contribution is 0.0348. The molecule has 0 radical (unpaired) electrons. The Labute approximate surface area is 99.4 Å². The molecule has 4 nitrogen and oxygen atoms in total. The summed E-state index contributed by atoms with van der Waals surface area (Å²) in [6.07, 6.45) is 3.13. The van der Waals surface area contributed by atoms with Gasteiger partial charge in [0, 0.05) is 26.4 Å². The number of piperidine rings is 1. The van der Waals surface area contributed by atoms with Crippen LogP contribution in [0.4, 0.5) is 4.39 Å². The molecule has 0 saturated carbocycles. The number of hydrogen-bond donors (Lipinski definition) is 0. The molecule has 1 fully saturated rings. The van der Waals surface area contributed by atoms with Crippen LogP contribution in [0.5, 0.6) is 0 Å². The molecule has 0 N–H and O–H groups in total. The molecular formula is C12H15FN2O2. The van der Waals surface area contributed by atoms with Gasteiger partial charge < -0.3 is 9.64 Å². The number of halogens is 1. The molecule has 0 atom stereocenters. The fourth-order valence-corrected chi connectivity index (χ4v) is 2.01. The Morgan fingerprint density at radius 1 is 1.53 bits per heavy atom. The van der Waals surface area contributed by atoms with Gasteiger partial charge in [-0.3, -0.25) is 4.79 Å². The summed E-state index contributed by atoms with van der Waals surface area (Å²) in [6, 6.07) is 3.03. The highest BCUT2D eigenvalue weighted by Crippen LogP contribution is 2.16. The third-order valence-electron chi connectivity index (χ3n) is 3.05. The zero-order chi connectivity index (χ0) is 12.3. The Hall–Kier alpha value is -1.49. The van der Waals surface area contributed by atoms with Crippen molar-refractivity contribution >= 4 is 5.91 Å². The van der Waals surface area contributed by atoms with Gasteiger partial charge in [0.05, 0.1) is 11.7 Å². The third kappa shape index (κ3) is 2.61. The van der Waals surface area contributed by atoms with Crippen LogP contribution in [-0.4, -0.2) is 42.1 Å². The largest absolute Gasteiger partial charge is 0.381 e. The van der Waals surface area contributed by atoms with Crippen molar-refractivity contribution in [1.82, 2.24) is 9.88 Å². The highest BCUT2D eigenvalue weighted by atomic mass is 19.1. The average molecular weight is 238 g/mol. The number of methoxy groups -OCH3 is 1. The number of amides is 1. The van der Waals surface area contributed by atoms with Gasteiger partial charge >= 0.3 is 0 Å². The Morgan fingerprint density at radius 3 is 2.82 bits per heavy atom. The number of carbonyl (C=O) groups excluding carboxylic acids is 1. The van der Waals surface area contributed by atoms with E-state index in [1.54, 1.807) is 18.1 Å². The summed E-state index contributed by atoms with van der Waals surface area (Å²) in [5.41, 5.74) is 0.0448. The molecule has 1 saturated heterocycles. The molecule has 92 valence electrons. The summed E-state index contributed by atoms with van der Waals surface area (Å²) in [4.78, 5) is 17.2. The maximum absolute atomic E-state index is 13.4. The van der Waals surface area contributed by atoms with Crippen LogP contribution in [0.2, 0.25) is 0 Å². The third-order valence-corrected chi connectivity index (χ3v) is 3.05. The summed E-state index contributed by atoms with van der Waals surface area (Å²) in [6.45, 7) is 1.21. The number of aromatic nitrogens is 1. The molecule has 0 bridgehead atoms. The van der Waals surface area contributed by atoms with E-state index in [2.05, 4.69) is 4.98 Å². The first-order chi connectivity index (χ1) is 8.22. The topological polar surface area (TPSA) is 42.4 Å². The second kappa shape index (κ2) is 5.23. The van der Waals surface area contributed by atoms with Gasteiger partial charge in [-0.15, -0.1) is 0 Å². The van der Waals surface area contributed by atoms with E-state index in [0.29, 0.717) is 13.1 Å². The maximum atomic E-state index is 13.4. The maximum Gasteiger partial charge on any atom is 0.258 e. The molecule has 0 aliphatic carbocycles. The minimum atomic E-state index is -0.702. The van der Waals surface area contributed by atoms with E-state index in [9.17, 15) is 9.18 Å². The van der Waals surface area contributed by atoms with E-state index in [1.807, 2.05) is 0 Å². The van der Waals surface area contributed by atoms with Crippen molar-refractivity contribution in [3.8, 4) is 0 Å². The minimum absolute atomic E-state index is 0.0448. The van der Waals surface area contributed by atoms with E-state index in [4.69, 9.17) is 4.74 Å². The van der Waals surface area contributed by atoms with Crippen LogP contribution in [0, 0.1) is 5.95 Å². The Bertz CT molecular complexity index is 403. The first-order valence-electron chi connectivity index (χ1n) is 5.65. The van der Waals surface area contributed by atoms with Crippen molar-refractivity contribution in [1.29, 1.82) is 0 Å². The molecule has 1 amide bonds. The molecule has 0 aromatic carbocycles. The molecule has 5 heteroatoms. The fraction of sp³-hybridized carbons (Fsp3) is 0.500. The van der Waals surface area contributed by atoms with Gasteiger partial charge in [0.25, 0.3) is 5.91 Å². The van der Waals surface area contributed by atoms with Crippen LogP contribution >= 0.6 is 0 Å². The van der Waals surface area contributed by atoms with Gasteiger partial charge in [-0.2, -0.15) is 4.39 Å². The Balaban J connectivity index is 2.04. The predicted octanol–water partition coefficient (Wildman–Crippen LogP) is 1.47. The molecule has 1 aromatic heterocycles. The van der Waals surface area contributed by atoms with Crippen molar-refractivity contribution in [2.75, 3.05) is 20.2 Å². The smallest absolute Gasteiger partial charge is 0.258 e. The van der Waals surface area contributed by atoms with Crippen LogP contribution in [0.25, 0.3) is 0 Å². The second-order valence-electron chi connectivity index (χ2n) is 4.07. The highest BCUT2D eigenvalue weighted by Gasteiger charge is 2.25. The van der Waals surface area contributed by atoms with E-state index in [0.717, 1.165) is 12.8 Å². The van der Waals surface area contributed by atoms with Crippen LogP contribution < -0.4 is 0 Å². The summed E-state index contributed by atoms with van der Waals surface area (Å²) < 4.78 is 18.6. The Kier molecular flexibility index (Phi) is 3.68. The van der Waals surface area contributed by atoms with Gasteiger partial charge in [0.15, 0.2) is 0 Å². The number of hydrogen-bond acceptors (Lipinski definition) is 3. The SMILES string of the molecule is COC1CCN(C(=O)c2cccnc2F)CC1. The van der Waals surface area contributed by atoms with Gasteiger partial charge in [-0.1, -0.05) is 0 Å². The Morgan fingerprint density at radius 2 is 2.24 bits per heavy atom. The van der Waals surface area contributed by atoms with Crippen molar-refractivity contribution < 1.29 is 13.9 Å². The lowest BCUT2D eigenvalue weighted by atomic mass is 10.1. The van der Waals surface area contributed by atoms with E-state index >= 15 is 0 Å². The summed E-state index contributed by atoms with van der Waals surface area (Å²) in [7, 11) is 1.67. The molecule has 1 aromatic rings. The average Bonchev–Trinajstić information content (AvgIpc) is 2.39. The van der Waals surface area contributed by atoms with Gasteiger partial charge in [0.2, 0.25) is 5.95 Å². The van der Waals surface area contributed by atoms with E-state index in [-0.39, 0.29) is 17.6 Å². The lowest BCUT2D eigenvalue weighted by Crippen LogP contribution is -2.41. The van der Waals surface area contributed by atoms with Crippen LogP contribution in [-0.2, 0) is 4.74 Å². The number of carbonyl (C=O) groups is 1. The molecule has 2 heterocycles. The summed E-state index contributed by atoms with van der Waals surface area (Å²) in [5.74, 6) is -0.989. The normalized spacial score (nSPS) is 17.2. The molecule has 1 aliphatic heterocycles.